The van der Waals surface area contributed by atoms with Crippen LogP contribution in [0.1, 0.15) is 20.3 Å². The molecule has 0 heterocycles. The van der Waals surface area contributed by atoms with Gasteiger partial charge in [0, 0.05) is 12.2 Å². The van der Waals surface area contributed by atoms with E-state index in [9.17, 15) is 14.4 Å². The van der Waals surface area contributed by atoms with Crippen LogP contribution in [0.2, 0.25) is 0 Å². The van der Waals surface area contributed by atoms with E-state index < -0.39 is 17.7 Å². The van der Waals surface area contributed by atoms with E-state index in [0.29, 0.717) is 12.5 Å². The van der Waals surface area contributed by atoms with Crippen molar-refractivity contribution >= 4 is 17.7 Å². The molecule has 0 bridgehead atoms. The number of rotatable bonds is 5. The molecule has 0 saturated heterocycles. The monoisotopic (exact) mass is 200 g/mol. The van der Waals surface area contributed by atoms with Gasteiger partial charge < -0.3 is 9.84 Å². The van der Waals surface area contributed by atoms with Crippen molar-refractivity contribution in [2.45, 2.75) is 26.4 Å². The molecule has 0 aromatic heterocycles. The summed E-state index contributed by atoms with van der Waals surface area (Å²) in [6.07, 6.45) is 1.90. The maximum absolute atomic E-state index is 10.9. The molecule has 0 aliphatic heterocycles. The van der Waals surface area contributed by atoms with Crippen molar-refractivity contribution in [2.24, 2.45) is 0 Å². The molecule has 0 aromatic rings. The number of carboxylic acid groups (broad SMARTS) is 1. The average Bonchev–Trinajstić information content (AvgIpc) is 2.13. The minimum Gasteiger partial charge on any atom is -0.475 e. The molecule has 78 valence electrons. The molecule has 0 fully saturated rings. The number of ketones is 1. The molecular weight excluding hydrogens is 188 g/mol. The molecular formula is C9H12O5. The Hall–Kier alpha value is -1.65. The Labute approximate surface area is 81.4 Å². The molecule has 0 saturated carbocycles. The van der Waals surface area contributed by atoms with E-state index in [1.165, 1.54) is 0 Å². The molecule has 5 nitrogen and oxygen atoms in total. The van der Waals surface area contributed by atoms with Crippen molar-refractivity contribution in [2.75, 3.05) is 0 Å². The van der Waals surface area contributed by atoms with Crippen LogP contribution in [0.4, 0.5) is 0 Å². The molecule has 0 amide bonds. The first-order chi connectivity index (χ1) is 6.47. The number of ether oxygens (including phenoxy) is 1. The lowest BCUT2D eigenvalue weighted by Gasteiger charge is -2.07. The molecule has 14 heavy (non-hydrogen) atoms. The third-order valence-corrected chi connectivity index (χ3v) is 1.47. The van der Waals surface area contributed by atoms with Gasteiger partial charge in [-0.3, -0.25) is 4.79 Å². The summed E-state index contributed by atoms with van der Waals surface area (Å²) in [5.74, 6) is -3.46. The molecule has 5 heteroatoms. The summed E-state index contributed by atoms with van der Waals surface area (Å²) < 4.78 is 4.76. The van der Waals surface area contributed by atoms with Crippen LogP contribution >= 0.6 is 0 Å². The molecule has 0 rings (SSSR count). The average molecular weight is 200 g/mol. The Bertz CT molecular complexity index is 266. The van der Waals surface area contributed by atoms with E-state index >= 15 is 0 Å². The fourth-order valence-corrected chi connectivity index (χ4v) is 0.536. The summed E-state index contributed by atoms with van der Waals surface area (Å²) in [7, 11) is 0. The van der Waals surface area contributed by atoms with Gasteiger partial charge in [0.05, 0.1) is 6.10 Å². The van der Waals surface area contributed by atoms with Gasteiger partial charge in [-0.05, 0) is 13.3 Å². The van der Waals surface area contributed by atoms with Crippen molar-refractivity contribution in [3.05, 3.63) is 12.2 Å². The lowest BCUT2D eigenvalue weighted by Crippen LogP contribution is -2.13. The zero-order valence-electron chi connectivity index (χ0n) is 8.02. The van der Waals surface area contributed by atoms with Gasteiger partial charge in [-0.25, -0.2) is 9.59 Å². The number of esters is 1. The first-order valence-electron chi connectivity index (χ1n) is 4.13. The van der Waals surface area contributed by atoms with Crippen LogP contribution in [-0.2, 0) is 19.1 Å². The standard InChI is InChI=1S/C9H12O5/c1-3-6(2)14-8(11)5-4-7(10)9(12)13/h4-6H,3H2,1-2H3,(H,12,13). The molecule has 1 atom stereocenters. The minimum atomic E-state index is -1.60. The molecule has 0 spiro atoms. The third-order valence-electron chi connectivity index (χ3n) is 1.47. The topological polar surface area (TPSA) is 80.7 Å². The van der Waals surface area contributed by atoms with Gasteiger partial charge in [0.15, 0.2) is 0 Å². The smallest absolute Gasteiger partial charge is 0.376 e. The Kier molecular flexibility index (Phi) is 5.21. The lowest BCUT2D eigenvalue weighted by atomic mass is 10.3. The number of carbonyl (C=O) groups is 3. The molecule has 0 aliphatic carbocycles. The third kappa shape index (κ3) is 5.08. The Morgan fingerprint density at radius 1 is 1.36 bits per heavy atom. The SMILES string of the molecule is CCC(C)OC(=O)C=CC(=O)C(=O)O. The van der Waals surface area contributed by atoms with Gasteiger partial charge in [0.2, 0.25) is 0 Å². The Morgan fingerprint density at radius 2 is 1.93 bits per heavy atom. The zero-order chi connectivity index (χ0) is 11.1. The summed E-state index contributed by atoms with van der Waals surface area (Å²) in [6.45, 7) is 3.54. The molecule has 0 radical (unpaired) electrons. The predicted molar refractivity (Wildman–Crippen MR) is 47.6 cm³/mol. The minimum absolute atomic E-state index is 0.243. The quantitative estimate of drug-likeness (QED) is 0.398. The fourth-order valence-electron chi connectivity index (χ4n) is 0.536. The van der Waals surface area contributed by atoms with Crippen molar-refractivity contribution in [3.63, 3.8) is 0 Å². The van der Waals surface area contributed by atoms with Crippen LogP contribution in [0.5, 0.6) is 0 Å². The maximum atomic E-state index is 10.9. The maximum Gasteiger partial charge on any atom is 0.376 e. The second kappa shape index (κ2) is 5.90. The highest BCUT2D eigenvalue weighted by Crippen LogP contribution is 1.96. The van der Waals surface area contributed by atoms with E-state index in [2.05, 4.69) is 0 Å². The molecule has 0 aromatic carbocycles. The van der Waals surface area contributed by atoms with Gasteiger partial charge in [0.25, 0.3) is 5.78 Å². The number of hydrogen-bond donors (Lipinski definition) is 1. The summed E-state index contributed by atoms with van der Waals surface area (Å²) >= 11 is 0. The van der Waals surface area contributed by atoms with E-state index in [1.807, 2.05) is 6.92 Å². The van der Waals surface area contributed by atoms with E-state index in [1.54, 1.807) is 6.92 Å². The van der Waals surface area contributed by atoms with Crippen molar-refractivity contribution in [1.82, 2.24) is 0 Å². The van der Waals surface area contributed by atoms with Gasteiger partial charge in [0.1, 0.15) is 0 Å². The summed E-state index contributed by atoms with van der Waals surface area (Å²) in [5, 5.41) is 8.17. The van der Waals surface area contributed by atoms with Gasteiger partial charge in [-0.15, -0.1) is 0 Å². The number of aliphatic carboxylic acids is 1. The zero-order valence-corrected chi connectivity index (χ0v) is 8.02. The van der Waals surface area contributed by atoms with Crippen molar-refractivity contribution in [1.29, 1.82) is 0 Å². The van der Waals surface area contributed by atoms with Crippen molar-refractivity contribution in [3.8, 4) is 0 Å². The highest BCUT2D eigenvalue weighted by molar-refractivity contribution is 6.37. The van der Waals surface area contributed by atoms with Crippen LogP contribution in [0.3, 0.4) is 0 Å². The van der Waals surface area contributed by atoms with E-state index in [4.69, 9.17) is 9.84 Å². The van der Waals surface area contributed by atoms with Crippen molar-refractivity contribution < 1.29 is 24.2 Å². The Morgan fingerprint density at radius 3 is 2.36 bits per heavy atom. The second-order valence-electron chi connectivity index (χ2n) is 2.66. The van der Waals surface area contributed by atoms with Gasteiger partial charge in [-0.2, -0.15) is 0 Å². The normalized spacial score (nSPS) is 12.4. The van der Waals surface area contributed by atoms with Gasteiger partial charge >= 0.3 is 11.9 Å². The van der Waals surface area contributed by atoms with Crippen LogP contribution < -0.4 is 0 Å². The van der Waals surface area contributed by atoms with Crippen LogP contribution in [0.15, 0.2) is 12.2 Å². The van der Waals surface area contributed by atoms with E-state index in [0.717, 1.165) is 6.08 Å². The van der Waals surface area contributed by atoms with Crippen LogP contribution in [0, 0.1) is 0 Å². The fraction of sp³-hybridized carbons (Fsp3) is 0.444. The lowest BCUT2D eigenvalue weighted by molar-refractivity contribution is -0.146. The largest absolute Gasteiger partial charge is 0.475 e. The molecule has 1 N–H and O–H groups in total. The second-order valence-corrected chi connectivity index (χ2v) is 2.66. The van der Waals surface area contributed by atoms with E-state index in [-0.39, 0.29) is 6.10 Å². The predicted octanol–water partition coefficient (Wildman–Crippen LogP) is 0.538. The van der Waals surface area contributed by atoms with Crippen LogP contribution in [0.25, 0.3) is 0 Å². The van der Waals surface area contributed by atoms with Gasteiger partial charge in [-0.1, -0.05) is 6.92 Å². The molecule has 1 unspecified atom stereocenters. The number of hydrogen-bond acceptors (Lipinski definition) is 4. The van der Waals surface area contributed by atoms with Crippen LogP contribution in [-0.4, -0.2) is 28.9 Å². The summed E-state index contributed by atoms with van der Waals surface area (Å²) in [4.78, 5) is 31.4. The highest BCUT2D eigenvalue weighted by atomic mass is 16.5. The summed E-state index contributed by atoms with van der Waals surface area (Å²) in [6, 6.07) is 0. The number of carboxylic acids is 1. The number of carbonyl (C=O) groups excluding carboxylic acids is 2. The molecule has 0 aliphatic rings. The first kappa shape index (κ1) is 12.3. The first-order valence-corrected chi connectivity index (χ1v) is 4.13. The Balaban J connectivity index is 4.06. The summed E-state index contributed by atoms with van der Waals surface area (Å²) in [5.41, 5.74) is 0. The highest BCUT2D eigenvalue weighted by Gasteiger charge is 2.08.